The Balaban J connectivity index is 1.59. The quantitative estimate of drug-likeness (QED) is 0.395. The number of benzene rings is 1. The van der Waals surface area contributed by atoms with Crippen LogP contribution in [0.4, 0.5) is 0 Å². The van der Waals surface area contributed by atoms with Crippen LogP contribution < -0.4 is 9.47 Å². The number of aliphatic carboxylic acids is 1. The van der Waals surface area contributed by atoms with E-state index in [1.165, 1.54) is 31.2 Å². The fourth-order valence-electron chi connectivity index (χ4n) is 3.19. The monoisotopic (exact) mass is 411 g/mol. The van der Waals surface area contributed by atoms with Crippen LogP contribution in [0.25, 0.3) is 6.08 Å². The number of nitrogens with zero attached hydrogens (tertiary/aromatic N) is 1. The van der Waals surface area contributed by atoms with Crippen LogP contribution in [0.15, 0.2) is 42.5 Å². The van der Waals surface area contributed by atoms with E-state index in [9.17, 15) is 4.79 Å². The molecule has 0 bridgehead atoms. The Bertz CT molecular complexity index is 799. The molecular formula is C25H33NO4. The van der Waals surface area contributed by atoms with Crippen molar-refractivity contribution in [3.8, 4) is 11.5 Å². The highest BCUT2D eigenvalue weighted by Crippen LogP contribution is 2.20. The van der Waals surface area contributed by atoms with Crippen LogP contribution >= 0.6 is 0 Å². The highest BCUT2D eigenvalue weighted by molar-refractivity contribution is 5.70. The van der Waals surface area contributed by atoms with Crippen molar-refractivity contribution in [1.82, 2.24) is 4.98 Å². The second-order valence-corrected chi connectivity index (χ2v) is 7.40. The van der Waals surface area contributed by atoms with Gasteiger partial charge in [0, 0.05) is 5.69 Å². The number of aromatic nitrogens is 1. The van der Waals surface area contributed by atoms with Crippen molar-refractivity contribution in [2.45, 2.75) is 58.3 Å². The fraction of sp³-hybridized carbons (Fsp3) is 0.440. The van der Waals surface area contributed by atoms with Gasteiger partial charge in [0.25, 0.3) is 0 Å². The molecule has 5 nitrogen and oxygen atoms in total. The summed E-state index contributed by atoms with van der Waals surface area (Å²) < 4.78 is 11.1. The molecule has 5 heteroatoms. The summed E-state index contributed by atoms with van der Waals surface area (Å²) in [6.07, 6.45) is 11.5. The number of rotatable bonds is 14. The molecule has 30 heavy (non-hydrogen) atoms. The summed E-state index contributed by atoms with van der Waals surface area (Å²) in [5.41, 5.74) is 2.94. The summed E-state index contributed by atoms with van der Waals surface area (Å²) in [4.78, 5) is 15.1. The zero-order chi connectivity index (χ0) is 21.6. The van der Waals surface area contributed by atoms with Crippen molar-refractivity contribution < 1.29 is 19.4 Å². The molecule has 1 aromatic carbocycles. The minimum Gasteiger partial charge on any atom is -0.497 e. The third-order valence-corrected chi connectivity index (χ3v) is 4.87. The highest BCUT2D eigenvalue weighted by atomic mass is 16.5. The topological polar surface area (TPSA) is 68.7 Å². The predicted octanol–water partition coefficient (Wildman–Crippen LogP) is 5.85. The number of aryl methyl sites for hydroxylation is 2. The number of hydrogen-bond acceptors (Lipinski definition) is 4. The van der Waals surface area contributed by atoms with Crippen LogP contribution in [0.3, 0.4) is 0 Å². The van der Waals surface area contributed by atoms with Gasteiger partial charge in [0.2, 0.25) is 0 Å². The van der Waals surface area contributed by atoms with E-state index in [4.69, 9.17) is 14.6 Å². The van der Waals surface area contributed by atoms with E-state index in [-0.39, 0.29) is 6.42 Å². The van der Waals surface area contributed by atoms with Crippen LogP contribution in [0.2, 0.25) is 0 Å². The maximum atomic E-state index is 10.7. The maximum Gasteiger partial charge on any atom is 0.307 e. The van der Waals surface area contributed by atoms with E-state index < -0.39 is 5.97 Å². The fourth-order valence-corrected chi connectivity index (χ4v) is 3.19. The number of methoxy groups -OCH3 is 1. The molecular weight excluding hydrogens is 378 g/mol. The SMILES string of the molecule is COc1ccc(CCCCCCCCOc2ccc(C)nc2/C=C/CC(=O)O)cc1. The highest BCUT2D eigenvalue weighted by Gasteiger charge is 2.04. The van der Waals surface area contributed by atoms with Crippen molar-refractivity contribution in [2.75, 3.05) is 13.7 Å². The summed E-state index contributed by atoms with van der Waals surface area (Å²) in [5.74, 6) is 0.762. The summed E-state index contributed by atoms with van der Waals surface area (Å²) in [5, 5.41) is 8.76. The van der Waals surface area contributed by atoms with Crippen molar-refractivity contribution in [1.29, 1.82) is 0 Å². The van der Waals surface area contributed by atoms with Crippen molar-refractivity contribution in [2.24, 2.45) is 0 Å². The van der Waals surface area contributed by atoms with Gasteiger partial charge in [-0.3, -0.25) is 4.79 Å². The number of unbranched alkanes of at least 4 members (excludes halogenated alkanes) is 5. The lowest BCUT2D eigenvalue weighted by atomic mass is 10.0. The molecule has 0 aliphatic heterocycles. The average Bonchev–Trinajstić information content (AvgIpc) is 2.74. The van der Waals surface area contributed by atoms with Gasteiger partial charge < -0.3 is 14.6 Å². The summed E-state index contributed by atoms with van der Waals surface area (Å²) in [6, 6.07) is 12.1. The van der Waals surface area contributed by atoms with Gasteiger partial charge >= 0.3 is 5.97 Å². The Morgan fingerprint density at radius 1 is 1.00 bits per heavy atom. The van der Waals surface area contributed by atoms with Crippen LogP contribution in [-0.2, 0) is 11.2 Å². The molecule has 0 saturated carbocycles. The van der Waals surface area contributed by atoms with Crippen LogP contribution in [0.5, 0.6) is 11.5 Å². The molecule has 2 aromatic rings. The Morgan fingerprint density at radius 3 is 2.40 bits per heavy atom. The van der Waals surface area contributed by atoms with Gasteiger partial charge in [-0.1, -0.05) is 43.9 Å². The first-order chi connectivity index (χ1) is 14.6. The molecule has 0 atom stereocenters. The molecule has 0 fully saturated rings. The molecule has 1 heterocycles. The normalized spacial score (nSPS) is 11.0. The number of ether oxygens (including phenoxy) is 2. The van der Waals surface area contributed by atoms with Gasteiger partial charge in [-0.05, 0) is 62.1 Å². The van der Waals surface area contributed by atoms with E-state index >= 15 is 0 Å². The Kier molecular flexibility index (Phi) is 10.5. The van der Waals surface area contributed by atoms with E-state index in [2.05, 4.69) is 17.1 Å². The molecule has 0 amide bonds. The van der Waals surface area contributed by atoms with E-state index in [0.717, 1.165) is 30.7 Å². The van der Waals surface area contributed by atoms with Gasteiger partial charge in [-0.2, -0.15) is 0 Å². The number of carboxylic acid groups (broad SMARTS) is 1. The molecule has 0 radical (unpaired) electrons. The van der Waals surface area contributed by atoms with E-state index in [0.29, 0.717) is 18.1 Å². The second-order valence-electron chi connectivity index (χ2n) is 7.40. The van der Waals surface area contributed by atoms with Crippen molar-refractivity contribution >= 4 is 12.0 Å². The Morgan fingerprint density at radius 2 is 1.70 bits per heavy atom. The minimum absolute atomic E-state index is 0.0203. The first-order valence-electron chi connectivity index (χ1n) is 10.7. The van der Waals surface area contributed by atoms with Gasteiger partial charge in [0.1, 0.15) is 17.2 Å². The summed E-state index contributed by atoms with van der Waals surface area (Å²) in [7, 11) is 1.69. The largest absolute Gasteiger partial charge is 0.497 e. The smallest absolute Gasteiger partial charge is 0.307 e. The third kappa shape index (κ3) is 9.12. The standard InChI is InChI=1S/C25H33NO4/c1-20-13-18-24(23(26-20)11-9-12-25(27)28)30-19-8-6-4-3-5-7-10-21-14-16-22(29-2)17-15-21/h9,11,13-18H,3-8,10,12,19H2,1-2H3,(H,27,28)/b11-9+. The molecule has 0 spiro atoms. The third-order valence-electron chi connectivity index (χ3n) is 4.87. The molecule has 0 aliphatic carbocycles. The van der Waals surface area contributed by atoms with E-state index in [1.807, 2.05) is 31.2 Å². The minimum atomic E-state index is -0.856. The molecule has 162 valence electrons. The molecule has 0 unspecified atom stereocenters. The molecule has 0 saturated heterocycles. The summed E-state index contributed by atoms with van der Waals surface area (Å²) in [6.45, 7) is 2.56. The zero-order valence-electron chi connectivity index (χ0n) is 18.1. The molecule has 2 rings (SSSR count). The van der Waals surface area contributed by atoms with Crippen molar-refractivity contribution in [3.05, 3.63) is 59.4 Å². The van der Waals surface area contributed by atoms with Gasteiger partial charge in [0.15, 0.2) is 0 Å². The molecule has 0 aliphatic rings. The Hall–Kier alpha value is -2.82. The van der Waals surface area contributed by atoms with Crippen LogP contribution in [0.1, 0.15) is 61.9 Å². The second kappa shape index (κ2) is 13.4. The zero-order valence-corrected chi connectivity index (χ0v) is 18.1. The van der Waals surface area contributed by atoms with Crippen molar-refractivity contribution in [3.63, 3.8) is 0 Å². The Labute approximate surface area is 179 Å². The lowest BCUT2D eigenvalue weighted by Crippen LogP contribution is -2.01. The maximum absolute atomic E-state index is 10.7. The van der Waals surface area contributed by atoms with Gasteiger partial charge in [0.05, 0.1) is 20.1 Å². The number of carboxylic acids is 1. The lowest BCUT2D eigenvalue weighted by Gasteiger charge is -2.09. The lowest BCUT2D eigenvalue weighted by molar-refractivity contribution is -0.135. The molecule has 1 N–H and O–H groups in total. The number of carbonyl (C=O) groups is 1. The van der Waals surface area contributed by atoms with Crippen LogP contribution in [0, 0.1) is 6.92 Å². The first-order valence-corrected chi connectivity index (χ1v) is 10.7. The summed E-state index contributed by atoms with van der Waals surface area (Å²) >= 11 is 0. The molecule has 1 aromatic heterocycles. The predicted molar refractivity (Wildman–Crippen MR) is 120 cm³/mol. The van der Waals surface area contributed by atoms with E-state index in [1.54, 1.807) is 19.3 Å². The van der Waals surface area contributed by atoms with Gasteiger partial charge in [-0.25, -0.2) is 4.98 Å². The average molecular weight is 412 g/mol. The van der Waals surface area contributed by atoms with Gasteiger partial charge in [-0.15, -0.1) is 0 Å². The number of pyridine rings is 1. The number of hydrogen-bond donors (Lipinski definition) is 1. The first kappa shape index (κ1) is 23.5. The van der Waals surface area contributed by atoms with Crippen LogP contribution in [-0.4, -0.2) is 29.8 Å².